The van der Waals surface area contributed by atoms with Crippen LogP contribution < -0.4 is 0 Å². The Labute approximate surface area is 79.0 Å². The molecule has 0 spiro atoms. The minimum atomic E-state index is -0.814. The number of rotatable bonds is 3. The molecule has 1 aliphatic carbocycles. The van der Waals surface area contributed by atoms with Gasteiger partial charge in [-0.25, -0.2) is 4.79 Å². The minimum absolute atomic E-state index is 0.433. The molecule has 1 aliphatic rings. The number of carboxylic acid groups (broad SMARTS) is 1. The maximum Gasteiger partial charge on any atom is 0.328 e. The number of allylic oxidation sites excluding steroid dienone is 2. The van der Waals surface area contributed by atoms with E-state index in [4.69, 9.17) is 5.11 Å². The summed E-state index contributed by atoms with van der Waals surface area (Å²) < 4.78 is 0. The minimum Gasteiger partial charge on any atom is -0.478 e. The summed E-state index contributed by atoms with van der Waals surface area (Å²) in [5, 5.41) is 8.65. The highest BCUT2D eigenvalue weighted by molar-refractivity contribution is 5.80. The van der Waals surface area contributed by atoms with Crippen LogP contribution in [0.25, 0.3) is 0 Å². The zero-order valence-corrected chi connectivity index (χ0v) is 7.83. The van der Waals surface area contributed by atoms with Gasteiger partial charge in [-0.15, -0.1) is 6.58 Å². The Balaban J connectivity index is 2.66. The standard InChI is InChI=1S/C11H16O2/c1-2-5-9-6-3-4-7-10(9)8-11(12)13/h2,8-9H,1,3-7H2,(H,12,13)/b10-8+. The molecule has 1 N–H and O–H groups in total. The first-order valence-corrected chi connectivity index (χ1v) is 4.78. The van der Waals surface area contributed by atoms with Gasteiger partial charge in [-0.1, -0.05) is 18.1 Å². The van der Waals surface area contributed by atoms with Gasteiger partial charge in [0.15, 0.2) is 0 Å². The highest BCUT2D eigenvalue weighted by Crippen LogP contribution is 2.31. The highest BCUT2D eigenvalue weighted by Gasteiger charge is 2.18. The number of hydrogen-bond acceptors (Lipinski definition) is 1. The Bertz CT molecular complexity index is 228. The Morgan fingerprint density at radius 2 is 2.38 bits per heavy atom. The van der Waals surface area contributed by atoms with Crippen LogP contribution in [0, 0.1) is 5.92 Å². The highest BCUT2D eigenvalue weighted by atomic mass is 16.4. The molecule has 0 heterocycles. The van der Waals surface area contributed by atoms with E-state index in [9.17, 15) is 4.79 Å². The summed E-state index contributed by atoms with van der Waals surface area (Å²) in [6.07, 6.45) is 8.59. The zero-order chi connectivity index (χ0) is 9.68. The van der Waals surface area contributed by atoms with Crippen molar-refractivity contribution in [2.75, 3.05) is 0 Å². The van der Waals surface area contributed by atoms with E-state index >= 15 is 0 Å². The number of carbonyl (C=O) groups is 1. The van der Waals surface area contributed by atoms with Gasteiger partial charge in [0.2, 0.25) is 0 Å². The maximum absolute atomic E-state index is 10.5. The van der Waals surface area contributed by atoms with Crippen molar-refractivity contribution in [2.24, 2.45) is 5.92 Å². The fourth-order valence-electron chi connectivity index (χ4n) is 1.93. The zero-order valence-electron chi connectivity index (χ0n) is 7.83. The molecule has 0 aromatic carbocycles. The van der Waals surface area contributed by atoms with Gasteiger partial charge >= 0.3 is 5.97 Å². The Kier molecular flexibility index (Phi) is 3.74. The summed E-state index contributed by atoms with van der Waals surface area (Å²) in [5.74, 6) is -0.381. The van der Waals surface area contributed by atoms with Gasteiger partial charge in [0.05, 0.1) is 0 Å². The molecule has 72 valence electrons. The SMILES string of the molecule is C=CCC1CCCC/C1=C\C(=O)O. The van der Waals surface area contributed by atoms with Crippen molar-refractivity contribution in [3.05, 3.63) is 24.3 Å². The Morgan fingerprint density at radius 1 is 1.62 bits per heavy atom. The topological polar surface area (TPSA) is 37.3 Å². The fraction of sp³-hybridized carbons (Fsp3) is 0.545. The molecule has 13 heavy (non-hydrogen) atoms. The predicted molar refractivity (Wildman–Crippen MR) is 52.5 cm³/mol. The molecular formula is C11H16O2. The summed E-state index contributed by atoms with van der Waals surface area (Å²) >= 11 is 0. The van der Waals surface area contributed by atoms with Crippen LogP contribution in [-0.4, -0.2) is 11.1 Å². The third-order valence-corrected chi connectivity index (χ3v) is 2.55. The average Bonchev–Trinajstić information content (AvgIpc) is 2.08. The first-order valence-electron chi connectivity index (χ1n) is 4.78. The Morgan fingerprint density at radius 3 is 3.00 bits per heavy atom. The monoisotopic (exact) mass is 180 g/mol. The van der Waals surface area contributed by atoms with Crippen LogP contribution in [0.5, 0.6) is 0 Å². The first-order chi connectivity index (χ1) is 6.24. The lowest BCUT2D eigenvalue weighted by Gasteiger charge is -2.23. The summed E-state index contributed by atoms with van der Waals surface area (Å²) in [4.78, 5) is 10.5. The molecule has 1 atom stereocenters. The molecule has 0 radical (unpaired) electrons. The van der Waals surface area contributed by atoms with E-state index in [0.717, 1.165) is 31.3 Å². The normalized spacial score (nSPS) is 25.8. The van der Waals surface area contributed by atoms with E-state index < -0.39 is 5.97 Å². The van der Waals surface area contributed by atoms with Crippen LogP contribution in [0.15, 0.2) is 24.3 Å². The maximum atomic E-state index is 10.5. The van der Waals surface area contributed by atoms with Gasteiger partial charge in [0.25, 0.3) is 0 Å². The second-order valence-corrected chi connectivity index (χ2v) is 3.52. The largest absolute Gasteiger partial charge is 0.478 e. The van der Waals surface area contributed by atoms with E-state index in [-0.39, 0.29) is 0 Å². The van der Waals surface area contributed by atoms with Crippen molar-refractivity contribution in [2.45, 2.75) is 32.1 Å². The van der Waals surface area contributed by atoms with Crippen LogP contribution in [0.2, 0.25) is 0 Å². The van der Waals surface area contributed by atoms with Gasteiger partial charge in [0.1, 0.15) is 0 Å². The van der Waals surface area contributed by atoms with Crippen molar-refractivity contribution < 1.29 is 9.90 Å². The summed E-state index contributed by atoms with van der Waals surface area (Å²) in [6, 6.07) is 0. The van der Waals surface area contributed by atoms with E-state index in [1.807, 2.05) is 6.08 Å². The van der Waals surface area contributed by atoms with Crippen molar-refractivity contribution in [1.82, 2.24) is 0 Å². The van der Waals surface area contributed by atoms with Crippen LogP contribution in [-0.2, 0) is 4.79 Å². The fourth-order valence-corrected chi connectivity index (χ4v) is 1.93. The van der Waals surface area contributed by atoms with Gasteiger partial charge < -0.3 is 5.11 Å². The summed E-state index contributed by atoms with van der Waals surface area (Å²) in [5.41, 5.74) is 1.10. The molecule has 2 heteroatoms. The molecule has 1 fully saturated rings. The molecule has 1 unspecified atom stereocenters. The summed E-state index contributed by atoms with van der Waals surface area (Å²) in [6.45, 7) is 3.69. The lowest BCUT2D eigenvalue weighted by molar-refractivity contribution is -0.131. The van der Waals surface area contributed by atoms with Crippen molar-refractivity contribution in [1.29, 1.82) is 0 Å². The smallest absolute Gasteiger partial charge is 0.328 e. The van der Waals surface area contributed by atoms with Gasteiger partial charge in [-0.3, -0.25) is 0 Å². The number of aliphatic carboxylic acids is 1. The van der Waals surface area contributed by atoms with Crippen LogP contribution in [0.1, 0.15) is 32.1 Å². The lowest BCUT2D eigenvalue weighted by atomic mass is 9.82. The van der Waals surface area contributed by atoms with Gasteiger partial charge in [-0.2, -0.15) is 0 Å². The molecular weight excluding hydrogens is 164 g/mol. The van der Waals surface area contributed by atoms with Crippen molar-refractivity contribution >= 4 is 5.97 Å². The molecule has 0 aromatic rings. The van der Waals surface area contributed by atoms with E-state index in [2.05, 4.69) is 6.58 Å². The molecule has 2 nitrogen and oxygen atoms in total. The first kappa shape index (κ1) is 10.0. The molecule has 0 aromatic heterocycles. The van der Waals surface area contributed by atoms with Gasteiger partial charge in [-0.05, 0) is 31.6 Å². The Hall–Kier alpha value is -1.05. The molecule has 0 saturated heterocycles. The third-order valence-electron chi connectivity index (χ3n) is 2.55. The third kappa shape index (κ3) is 3.05. The van der Waals surface area contributed by atoms with Crippen LogP contribution >= 0.6 is 0 Å². The van der Waals surface area contributed by atoms with E-state index in [0.29, 0.717) is 5.92 Å². The van der Waals surface area contributed by atoms with E-state index in [1.165, 1.54) is 12.5 Å². The number of carboxylic acids is 1. The van der Waals surface area contributed by atoms with Crippen LogP contribution in [0.3, 0.4) is 0 Å². The van der Waals surface area contributed by atoms with Crippen LogP contribution in [0.4, 0.5) is 0 Å². The second-order valence-electron chi connectivity index (χ2n) is 3.52. The molecule has 0 bridgehead atoms. The van der Waals surface area contributed by atoms with Crippen molar-refractivity contribution in [3.8, 4) is 0 Å². The predicted octanol–water partition coefficient (Wildman–Crippen LogP) is 2.76. The molecule has 1 rings (SSSR count). The number of hydrogen-bond donors (Lipinski definition) is 1. The average molecular weight is 180 g/mol. The van der Waals surface area contributed by atoms with E-state index in [1.54, 1.807) is 0 Å². The quantitative estimate of drug-likeness (QED) is 0.535. The second kappa shape index (κ2) is 4.85. The summed E-state index contributed by atoms with van der Waals surface area (Å²) in [7, 11) is 0. The lowest BCUT2D eigenvalue weighted by Crippen LogP contribution is -2.10. The molecule has 0 aliphatic heterocycles. The van der Waals surface area contributed by atoms with Gasteiger partial charge in [0, 0.05) is 6.08 Å². The molecule has 0 amide bonds. The molecule has 1 saturated carbocycles. The van der Waals surface area contributed by atoms with Crippen molar-refractivity contribution in [3.63, 3.8) is 0 Å².